The van der Waals surface area contributed by atoms with Crippen molar-refractivity contribution in [2.45, 2.75) is 33.1 Å². The highest BCUT2D eigenvalue weighted by Gasteiger charge is 2.10. The average molecular weight is 395 g/mol. The Morgan fingerprint density at radius 2 is 1.21 bits per heavy atom. The van der Waals surface area contributed by atoms with Gasteiger partial charge in [0.05, 0.1) is 13.2 Å². The van der Waals surface area contributed by atoms with Crippen molar-refractivity contribution in [3.63, 3.8) is 0 Å². The van der Waals surface area contributed by atoms with Crippen LogP contribution in [0, 0.1) is 0 Å². The normalized spacial score (nSPS) is 17.8. The maximum absolute atomic E-state index is 11.2. The number of amides is 2. The molecule has 2 fully saturated rings. The standard InChI is InChI=1S/C11H20N2O.C10H18N2O2/c1-10(2)11(14)12-6-9-13-7-4-3-5-8-13;1-9(2)10(13)11-3-4-12-5-7-14-8-6-12/h1,3-9H2,2H3,(H,12,14);1,3-8H2,2H3,(H,11,13). The number of piperidine rings is 1. The molecule has 0 unspecified atom stereocenters. The molecule has 0 aromatic heterocycles. The summed E-state index contributed by atoms with van der Waals surface area (Å²) >= 11 is 0. The molecule has 2 aliphatic heterocycles. The van der Waals surface area contributed by atoms with Crippen LogP contribution in [0.4, 0.5) is 0 Å². The second kappa shape index (κ2) is 14.3. The van der Waals surface area contributed by atoms with Crippen molar-refractivity contribution >= 4 is 11.8 Å². The van der Waals surface area contributed by atoms with Crippen LogP contribution in [0.3, 0.4) is 0 Å². The van der Waals surface area contributed by atoms with Gasteiger partial charge in [-0.1, -0.05) is 19.6 Å². The Morgan fingerprint density at radius 3 is 1.64 bits per heavy atom. The highest BCUT2D eigenvalue weighted by molar-refractivity contribution is 5.92. The van der Waals surface area contributed by atoms with Crippen LogP contribution >= 0.6 is 0 Å². The zero-order valence-electron chi connectivity index (χ0n) is 17.7. The Kier molecular flexibility index (Phi) is 12.4. The van der Waals surface area contributed by atoms with Gasteiger partial charge in [-0.15, -0.1) is 0 Å². The Labute approximate surface area is 170 Å². The number of likely N-dealkylation sites (tertiary alicyclic amines) is 1. The minimum atomic E-state index is -0.0572. The smallest absolute Gasteiger partial charge is 0.246 e. The average Bonchev–Trinajstić information content (AvgIpc) is 2.70. The fourth-order valence-electron chi connectivity index (χ4n) is 2.96. The number of carbonyl (C=O) groups excluding carboxylic acids is 2. The van der Waals surface area contributed by atoms with Crippen molar-refractivity contribution in [2.24, 2.45) is 0 Å². The molecule has 2 heterocycles. The molecule has 7 nitrogen and oxygen atoms in total. The van der Waals surface area contributed by atoms with Crippen LogP contribution in [0.2, 0.25) is 0 Å². The van der Waals surface area contributed by atoms with E-state index in [1.54, 1.807) is 13.8 Å². The van der Waals surface area contributed by atoms with Gasteiger partial charge in [-0.2, -0.15) is 0 Å². The van der Waals surface area contributed by atoms with Gasteiger partial charge in [0.2, 0.25) is 11.8 Å². The maximum Gasteiger partial charge on any atom is 0.246 e. The van der Waals surface area contributed by atoms with E-state index in [2.05, 4.69) is 33.6 Å². The molecule has 2 amide bonds. The first-order chi connectivity index (χ1) is 13.4. The van der Waals surface area contributed by atoms with E-state index in [0.717, 1.165) is 45.9 Å². The van der Waals surface area contributed by atoms with Gasteiger partial charge >= 0.3 is 0 Å². The first kappa shape index (κ1) is 24.3. The second-order valence-electron chi connectivity index (χ2n) is 7.43. The first-order valence-corrected chi connectivity index (χ1v) is 10.3. The highest BCUT2D eigenvalue weighted by Crippen LogP contribution is 2.07. The lowest BCUT2D eigenvalue weighted by atomic mass is 10.1. The van der Waals surface area contributed by atoms with E-state index in [-0.39, 0.29) is 11.8 Å². The molecule has 28 heavy (non-hydrogen) atoms. The summed E-state index contributed by atoms with van der Waals surface area (Å²) in [5, 5.41) is 5.66. The zero-order valence-corrected chi connectivity index (χ0v) is 17.7. The van der Waals surface area contributed by atoms with Crippen LogP contribution in [0.1, 0.15) is 33.1 Å². The Morgan fingerprint density at radius 1 is 0.786 bits per heavy atom. The van der Waals surface area contributed by atoms with Gasteiger partial charge in [0.15, 0.2) is 0 Å². The minimum absolute atomic E-state index is 0.0259. The van der Waals surface area contributed by atoms with Crippen LogP contribution in [-0.2, 0) is 14.3 Å². The van der Waals surface area contributed by atoms with Gasteiger partial charge in [0, 0.05) is 50.4 Å². The molecular weight excluding hydrogens is 356 g/mol. The molecule has 160 valence electrons. The van der Waals surface area contributed by atoms with E-state index in [1.807, 2.05) is 0 Å². The van der Waals surface area contributed by atoms with Crippen LogP contribution < -0.4 is 10.6 Å². The third-order valence-electron chi connectivity index (χ3n) is 4.75. The highest BCUT2D eigenvalue weighted by atomic mass is 16.5. The molecule has 0 radical (unpaired) electrons. The summed E-state index contributed by atoms with van der Waals surface area (Å²) in [5.41, 5.74) is 1.15. The summed E-state index contributed by atoms with van der Waals surface area (Å²) in [6.07, 6.45) is 3.96. The summed E-state index contributed by atoms with van der Waals surface area (Å²) in [6.45, 7) is 19.8. The fourth-order valence-corrected chi connectivity index (χ4v) is 2.96. The summed E-state index contributed by atoms with van der Waals surface area (Å²) in [5.74, 6) is -0.0831. The Bertz CT molecular complexity index is 464. The Hall–Kier alpha value is -1.70. The molecule has 0 spiro atoms. The summed E-state index contributed by atoms with van der Waals surface area (Å²) in [7, 11) is 0. The summed E-state index contributed by atoms with van der Waals surface area (Å²) in [4.78, 5) is 27.0. The number of carbonyl (C=O) groups is 2. The van der Waals surface area contributed by atoms with Crippen molar-refractivity contribution < 1.29 is 14.3 Å². The second-order valence-corrected chi connectivity index (χ2v) is 7.43. The molecule has 0 atom stereocenters. The van der Waals surface area contributed by atoms with E-state index < -0.39 is 0 Å². The molecule has 0 aromatic rings. The molecule has 0 aliphatic carbocycles. The number of nitrogens with one attached hydrogen (secondary N) is 2. The monoisotopic (exact) mass is 394 g/mol. The molecular formula is C21H38N4O3. The number of morpholine rings is 1. The summed E-state index contributed by atoms with van der Waals surface area (Å²) < 4.78 is 5.22. The number of ether oxygens (including phenoxy) is 1. The zero-order chi connectivity index (χ0) is 20.8. The molecule has 7 heteroatoms. The molecule has 0 bridgehead atoms. The largest absolute Gasteiger partial charge is 0.379 e. The molecule has 2 N–H and O–H groups in total. The van der Waals surface area contributed by atoms with E-state index in [4.69, 9.17) is 4.74 Å². The van der Waals surface area contributed by atoms with Crippen LogP contribution in [0.5, 0.6) is 0 Å². The number of rotatable bonds is 8. The predicted molar refractivity (Wildman–Crippen MR) is 113 cm³/mol. The van der Waals surface area contributed by atoms with E-state index >= 15 is 0 Å². The number of nitrogens with zero attached hydrogens (tertiary/aromatic N) is 2. The molecule has 2 saturated heterocycles. The lowest BCUT2D eigenvalue weighted by Crippen LogP contribution is -2.41. The topological polar surface area (TPSA) is 73.9 Å². The fraction of sp³-hybridized carbons (Fsp3) is 0.714. The van der Waals surface area contributed by atoms with E-state index in [0.29, 0.717) is 17.7 Å². The van der Waals surface area contributed by atoms with Crippen LogP contribution in [0.25, 0.3) is 0 Å². The summed E-state index contributed by atoms with van der Waals surface area (Å²) in [6, 6.07) is 0. The quantitative estimate of drug-likeness (QED) is 0.605. The van der Waals surface area contributed by atoms with Gasteiger partial charge in [-0.05, 0) is 39.8 Å². The van der Waals surface area contributed by atoms with Gasteiger partial charge < -0.3 is 20.3 Å². The van der Waals surface area contributed by atoms with Crippen LogP contribution in [0.15, 0.2) is 24.3 Å². The Balaban J connectivity index is 0.000000280. The molecule has 0 saturated carbocycles. The number of hydrogen-bond acceptors (Lipinski definition) is 5. The molecule has 2 rings (SSSR count). The SMILES string of the molecule is C=C(C)C(=O)NCCN1CCCCC1.C=C(C)C(=O)NCCN1CCOCC1. The molecule has 0 aromatic carbocycles. The maximum atomic E-state index is 11.2. The molecule has 2 aliphatic rings. The van der Waals surface area contributed by atoms with Gasteiger partial charge in [0.1, 0.15) is 0 Å². The van der Waals surface area contributed by atoms with E-state index in [1.165, 1.54) is 32.4 Å². The lowest BCUT2D eigenvalue weighted by molar-refractivity contribution is -0.118. The van der Waals surface area contributed by atoms with Crippen molar-refractivity contribution in [1.29, 1.82) is 0 Å². The lowest BCUT2D eigenvalue weighted by Gasteiger charge is -2.26. The van der Waals surface area contributed by atoms with Crippen molar-refractivity contribution in [3.05, 3.63) is 24.3 Å². The predicted octanol–water partition coefficient (Wildman–Crippen LogP) is 1.18. The van der Waals surface area contributed by atoms with Crippen molar-refractivity contribution in [2.75, 3.05) is 65.6 Å². The van der Waals surface area contributed by atoms with Crippen molar-refractivity contribution in [3.8, 4) is 0 Å². The third kappa shape index (κ3) is 11.2. The van der Waals surface area contributed by atoms with Gasteiger partial charge in [-0.3, -0.25) is 14.5 Å². The van der Waals surface area contributed by atoms with Gasteiger partial charge in [0.25, 0.3) is 0 Å². The van der Waals surface area contributed by atoms with Gasteiger partial charge in [-0.25, -0.2) is 0 Å². The third-order valence-corrected chi connectivity index (χ3v) is 4.75. The number of hydrogen-bond donors (Lipinski definition) is 2. The van der Waals surface area contributed by atoms with Crippen molar-refractivity contribution in [1.82, 2.24) is 20.4 Å². The van der Waals surface area contributed by atoms with Crippen LogP contribution in [-0.4, -0.2) is 87.2 Å². The first-order valence-electron chi connectivity index (χ1n) is 10.3. The minimum Gasteiger partial charge on any atom is -0.379 e. The van der Waals surface area contributed by atoms with E-state index in [9.17, 15) is 9.59 Å².